The number of rotatable bonds is 2. The number of halogens is 2. The number of benzene rings is 1. The lowest BCUT2D eigenvalue weighted by Crippen LogP contribution is -2.19. The molecule has 70 valence electrons. The monoisotopic (exact) mass is 309 g/mol. The molecule has 0 saturated carbocycles. The van der Waals surface area contributed by atoms with Gasteiger partial charge in [0, 0.05) is 3.57 Å². The molecule has 2 N–H and O–H groups in total. The first-order valence-corrected chi connectivity index (χ1v) is 5.19. The molecule has 0 saturated heterocycles. The topological polar surface area (TPSA) is 43.1 Å². The van der Waals surface area contributed by atoms with Crippen molar-refractivity contribution in [1.29, 1.82) is 0 Å². The van der Waals surface area contributed by atoms with Crippen LogP contribution in [0.1, 0.15) is 18.5 Å². The highest BCUT2D eigenvalue weighted by molar-refractivity contribution is 14.1. The van der Waals surface area contributed by atoms with E-state index in [4.69, 9.17) is 17.3 Å². The Bertz CT molecular complexity index is 340. The third-order valence-corrected chi connectivity index (χ3v) is 3.39. The number of ketones is 1. The van der Waals surface area contributed by atoms with Crippen molar-refractivity contribution < 1.29 is 4.79 Å². The lowest BCUT2D eigenvalue weighted by Gasteiger charge is -2.10. The van der Waals surface area contributed by atoms with Crippen molar-refractivity contribution in [1.82, 2.24) is 0 Å². The molecular weight excluding hydrogens is 300 g/mol. The Morgan fingerprint density at radius 3 is 2.77 bits per heavy atom. The highest BCUT2D eigenvalue weighted by Gasteiger charge is 2.15. The molecule has 0 spiro atoms. The standard InChI is InChI=1S/C9H9ClINO/c1-5(13)9(12)6-3-2-4-7(11)8(6)10/h2-4,9H,12H2,1H3. The molecule has 2 nitrogen and oxygen atoms in total. The Morgan fingerprint density at radius 2 is 2.23 bits per heavy atom. The van der Waals surface area contributed by atoms with Gasteiger partial charge in [-0.2, -0.15) is 0 Å². The van der Waals surface area contributed by atoms with Crippen LogP contribution in [0, 0.1) is 3.57 Å². The first kappa shape index (κ1) is 10.9. The number of nitrogens with two attached hydrogens (primary N) is 1. The Labute approximate surface area is 95.6 Å². The van der Waals surface area contributed by atoms with Gasteiger partial charge < -0.3 is 5.73 Å². The van der Waals surface area contributed by atoms with E-state index in [1.165, 1.54) is 6.92 Å². The summed E-state index contributed by atoms with van der Waals surface area (Å²) in [7, 11) is 0. The normalized spacial score (nSPS) is 12.6. The molecule has 0 aromatic heterocycles. The highest BCUT2D eigenvalue weighted by atomic mass is 127. The molecule has 0 heterocycles. The summed E-state index contributed by atoms with van der Waals surface area (Å²) in [4.78, 5) is 11.0. The third kappa shape index (κ3) is 2.42. The summed E-state index contributed by atoms with van der Waals surface area (Å²) in [5.41, 5.74) is 6.37. The molecule has 0 aliphatic carbocycles. The van der Waals surface area contributed by atoms with Crippen LogP contribution in [0.4, 0.5) is 0 Å². The fraction of sp³-hybridized carbons (Fsp3) is 0.222. The quantitative estimate of drug-likeness (QED) is 0.853. The predicted molar refractivity (Wildman–Crippen MR) is 61.8 cm³/mol. The van der Waals surface area contributed by atoms with Gasteiger partial charge in [-0.1, -0.05) is 23.7 Å². The molecule has 13 heavy (non-hydrogen) atoms. The van der Waals surface area contributed by atoms with Gasteiger partial charge in [0.2, 0.25) is 0 Å². The van der Waals surface area contributed by atoms with Gasteiger partial charge in [-0.3, -0.25) is 4.79 Å². The molecular formula is C9H9ClINO. The lowest BCUT2D eigenvalue weighted by molar-refractivity contribution is -0.118. The average molecular weight is 310 g/mol. The summed E-state index contributed by atoms with van der Waals surface area (Å²) < 4.78 is 0.911. The summed E-state index contributed by atoms with van der Waals surface area (Å²) in [5, 5.41) is 0.575. The first-order chi connectivity index (χ1) is 6.04. The van der Waals surface area contributed by atoms with Crippen LogP contribution in [0.2, 0.25) is 5.02 Å². The fourth-order valence-electron chi connectivity index (χ4n) is 0.980. The molecule has 0 aliphatic heterocycles. The summed E-state index contributed by atoms with van der Waals surface area (Å²) in [5.74, 6) is -0.0797. The zero-order chi connectivity index (χ0) is 10.0. The molecule has 4 heteroatoms. The maximum absolute atomic E-state index is 11.0. The first-order valence-electron chi connectivity index (χ1n) is 3.74. The second kappa shape index (κ2) is 4.39. The van der Waals surface area contributed by atoms with Gasteiger partial charge in [0.05, 0.1) is 11.1 Å². The molecule has 1 atom stereocenters. The maximum atomic E-state index is 11.0. The van der Waals surface area contributed by atoms with Gasteiger partial charge in [-0.25, -0.2) is 0 Å². The van der Waals surface area contributed by atoms with Gasteiger partial charge >= 0.3 is 0 Å². The second-order valence-corrected chi connectivity index (χ2v) is 4.27. The van der Waals surface area contributed by atoms with E-state index in [1.54, 1.807) is 6.07 Å². The van der Waals surface area contributed by atoms with Crippen LogP contribution in [0.15, 0.2) is 18.2 Å². The highest BCUT2D eigenvalue weighted by Crippen LogP contribution is 2.26. The third-order valence-electron chi connectivity index (χ3n) is 1.75. The van der Waals surface area contributed by atoms with Gasteiger partial charge in [0.15, 0.2) is 5.78 Å². The van der Waals surface area contributed by atoms with Crippen molar-refractivity contribution in [2.75, 3.05) is 0 Å². The Balaban J connectivity index is 3.15. The maximum Gasteiger partial charge on any atom is 0.151 e. The Hall–Kier alpha value is -0.130. The fourth-order valence-corrected chi connectivity index (χ4v) is 1.74. The molecule has 1 rings (SSSR count). The molecule has 0 amide bonds. The van der Waals surface area contributed by atoms with Crippen molar-refractivity contribution in [3.8, 4) is 0 Å². The zero-order valence-corrected chi connectivity index (χ0v) is 9.96. The number of hydrogen-bond acceptors (Lipinski definition) is 2. The molecule has 0 bridgehead atoms. The number of Topliss-reactive ketones (excluding diaryl/α,β-unsaturated/α-hetero) is 1. The number of hydrogen-bond donors (Lipinski definition) is 1. The summed E-state index contributed by atoms with van der Waals surface area (Å²) >= 11 is 8.10. The van der Waals surface area contributed by atoms with Crippen LogP contribution >= 0.6 is 34.2 Å². The Kier molecular flexibility index (Phi) is 3.70. The van der Waals surface area contributed by atoms with E-state index in [0.717, 1.165) is 3.57 Å². The molecule has 1 unspecified atom stereocenters. The molecule has 0 fully saturated rings. The summed E-state index contributed by atoms with van der Waals surface area (Å²) in [6.45, 7) is 1.46. The van der Waals surface area contributed by atoms with Crippen LogP contribution < -0.4 is 5.73 Å². The van der Waals surface area contributed by atoms with Gasteiger partial charge in [0.1, 0.15) is 0 Å². The zero-order valence-electron chi connectivity index (χ0n) is 7.05. The van der Waals surface area contributed by atoms with Crippen molar-refractivity contribution >= 4 is 40.0 Å². The SMILES string of the molecule is CC(=O)C(N)c1cccc(I)c1Cl. The molecule has 0 radical (unpaired) electrons. The van der Waals surface area contributed by atoms with E-state index in [1.807, 2.05) is 12.1 Å². The van der Waals surface area contributed by atoms with Crippen molar-refractivity contribution in [3.05, 3.63) is 32.4 Å². The van der Waals surface area contributed by atoms with Crippen LogP contribution in [0.25, 0.3) is 0 Å². The summed E-state index contributed by atoms with van der Waals surface area (Å²) in [6.07, 6.45) is 0. The van der Waals surface area contributed by atoms with E-state index >= 15 is 0 Å². The van der Waals surface area contributed by atoms with Crippen LogP contribution in [-0.2, 0) is 4.79 Å². The predicted octanol–water partition coefficient (Wildman–Crippen LogP) is 2.53. The minimum atomic E-state index is -0.609. The minimum absolute atomic E-state index is 0.0797. The summed E-state index contributed by atoms with van der Waals surface area (Å²) in [6, 6.07) is 4.88. The van der Waals surface area contributed by atoms with Crippen molar-refractivity contribution in [2.45, 2.75) is 13.0 Å². The van der Waals surface area contributed by atoms with Gasteiger partial charge in [0.25, 0.3) is 0 Å². The Morgan fingerprint density at radius 1 is 1.62 bits per heavy atom. The van der Waals surface area contributed by atoms with Gasteiger partial charge in [-0.15, -0.1) is 0 Å². The second-order valence-electron chi connectivity index (χ2n) is 2.73. The van der Waals surface area contributed by atoms with Gasteiger partial charge in [-0.05, 0) is 41.1 Å². The van der Waals surface area contributed by atoms with E-state index in [2.05, 4.69) is 22.6 Å². The van der Waals surface area contributed by atoms with E-state index in [9.17, 15) is 4.79 Å². The van der Waals surface area contributed by atoms with Crippen molar-refractivity contribution in [3.63, 3.8) is 0 Å². The average Bonchev–Trinajstić information content (AvgIpc) is 2.08. The van der Waals surface area contributed by atoms with E-state index in [0.29, 0.717) is 10.6 Å². The van der Waals surface area contributed by atoms with Crippen LogP contribution in [-0.4, -0.2) is 5.78 Å². The minimum Gasteiger partial charge on any atom is -0.318 e. The number of carbonyl (C=O) groups excluding carboxylic acids is 1. The molecule has 0 aliphatic rings. The van der Waals surface area contributed by atoms with E-state index < -0.39 is 6.04 Å². The number of carbonyl (C=O) groups is 1. The van der Waals surface area contributed by atoms with E-state index in [-0.39, 0.29) is 5.78 Å². The largest absolute Gasteiger partial charge is 0.318 e. The molecule has 1 aromatic carbocycles. The smallest absolute Gasteiger partial charge is 0.151 e. The molecule has 1 aromatic rings. The lowest BCUT2D eigenvalue weighted by atomic mass is 10.1. The van der Waals surface area contributed by atoms with Crippen molar-refractivity contribution in [2.24, 2.45) is 5.73 Å². The van der Waals surface area contributed by atoms with Crippen LogP contribution in [0.3, 0.4) is 0 Å². The van der Waals surface area contributed by atoms with Crippen LogP contribution in [0.5, 0.6) is 0 Å².